The van der Waals surface area contributed by atoms with E-state index >= 15 is 0 Å². The van der Waals surface area contributed by atoms with Crippen LogP contribution in [0.5, 0.6) is 0 Å². The zero-order valence-corrected chi connectivity index (χ0v) is 16.1. The Kier molecular flexibility index (Phi) is 4.50. The van der Waals surface area contributed by atoms with Gasteiger partial charge in [0.2, 0.25) is 5.60 Å². The van der Waals surface area contributed by atoms with E-state index in [0.717, 1.165) is 0 Å². The van der Waals surface area contributed by atoms with Crippen LogP contribution in [0.4, 0.5) is 5.69 Å². The van der Waals surface area contributed by atoms with Gasteiger partial charge in [0.05, 0.1) is 17.8 Å². The average Bonchev–Trinajstić information content (AvgIpc) is 3.26. The van der Waals surface area contributed by atoms with Gasteiger partial charge in [-0.15, -0.1) is 0 Å². The maximum Gasteiger partial charge on any atom is 0.269 e. The Labute approximate surface area is 172 Å². The molecule has 1 fully saturated rings. The molecular formula is C22H17N5O3. The number of carbonyl (C=O) groups is 2. The van der Waals surface area contributed by atoms with Gasteiger partial charge in [0.25, 0.3) is 11.8 Å². The second kappa shape index (κ2) is 7.03. The van der Waals surface area contributed by atoms with Crippen molar-refractivity contribution < 1.29 is 14.7 Å². The van der Waals surface area contributed by atoms with Gasteiger partial charge in [0, 0.05) is 31.0 Å². The lowest BCUT2D eigenvalue weighted by Crippen LogP contribution is -2.37. The van der Waals surface area contributed by atoms with E-state index in [2.05, 4.69) is 21.8 Å². The van der Waals surface area contributed by atoms with Crippen molar-refractivity contribution in [2.75, 3.05) is 13.6 Å². The number of likely N-dealkylation sites (tertiary alicyclic amines) is 1. The molecule has 2 amide bonds. The molecule has 3 aromatic rings. The lowest BCUT2D eigenvalue weighted by molar-refractivity contribution is -0.137. The first-order chi connectivity index (χ1) is 14.3. The number of hydrogen-bond acceptors (Lipinski definition) is 4. The molecule has 0 unspecified atom stereocenters. The predicted octanol–water partition coefficient (Wildman–Crippen LogP) is 1.62. The monoisotopic (exact) mass is 399 g/mol. The van der Waals surface area contributed by atoms with Gasteiger partial charge >= 0.3 is 0 Å². The summed E-state index contributed by atoms with van der Waals surface area (Å²) in [4.78, 5) is 28.8. The molecule has 1 aliphatic rings. The molecule has 2 aromatic carbocycles. The van der Waals surface area contributed by atoms with E-state index in [1.54, 1.807) is 49.5 Å². The lowest BCUT2D eigenvalue weighted by Gasteiger charge is -2.13. The van der Waals surface area contributed by atoms with Crippen LogP contribution in [-0.4, -0.2) is 50.8 Å². The molecule has 1 atom stereocenters. The van der Waals surface area contributed by atoms with Gasteiger partial charge in [0.15, 0.2) is 11.4 Å². The topological polar surface area (TPSA) is 106 Å². The van der Waals surface area contributed by atoms with Crippen LogP contribution in [0.1, 0.15) is 22.5 Å². The Balaban J connectivity index is 1.80. The number of aliphatic hydroxyl groups is 1. The molecule has 2 heterocycles. The zero-order chi connectivity index (χ0) is 21.5. The summed E-state index contributed by atoms with van der Waals surface area (Å²) < 4.78 is 1.53. The molecule has 0 spiro atoms. The number of likely N-dealkylation sites (N-methyl/N-ethyl adjacent to an activating group) is 1. The van der Waals surface area contributed by atoms with E-state index < -0.39 is 17.4 Å². The molecule has 30 heavy (non-hydrogen) atoms. The maximum absolute atomic E-state index is 12.1. The van der Waals surface area contributed by atoms with Crippen molar-refractivity contribution in [1.82, 2.24) is 14.7 Å². The van der Waals surface area contributed by atoms with E-state index in [-0.39, 0.29) is 12.1 Å². The standard InChI is InChI=1S/C22H17N5O3/c1-24-15-6-7-17-18(13-15)27(25-19(17)20(23)28)16-5-3-4-14(12-16)8-9-22(30)10-11-26(2)21(22)29/h3-7,12-13,30H,10-11H2,2H3,(H2,23,28)/t22-/m0/s1. The van der Waals surface area contributed by atoms with Crippen molar-refractivity contribution in [2.45, 2.75) is 12.0 Å². The molecule has 148 valence electrons. The summed E-state index contributed by atoms with van der Waals surface area (Å²) in [6.07, 6.45) is 0.250. The Morgan fingerprint density at radius 3 is 2.80 bits per heavy atom. The first kappa shape index (κ1) is 19.2. The van der Waals surface area contributed by atoms with Gasteiger partial charge < -0.3 is 15.7 Å². The van der Waals surface area contributed by atoms with E-state index in [4.69, 9.17) is 12.3 Å². The van der Waals surface area contributed by atoms with Gasteiger partial charge in [-0.2, -0.15) is 5.10 Å². The number of carbonyl (C=O) groups excluding carboxylic acids is 2. The minimum Gasteiger partial charge on any atom is -0.369 e. The second-order valence-electron chi connectivity index (χ2n) is 7.08. The first-order valence-corrected chi connectivity index (χ1v) is 9.14. The molecule has 0 bridgehead atoms. The maximum atomic E-state index is 12.1. The number of fused-ring (bicyclic) bond motifs is 1. The van der Waals surface area contributed by atoms with Crippen molar-refractivity contribution in [2.24, 2.45) is 5.73 Å². The van der Waals surface area contributed by atoms with E-state index in [1.807, 2.05) is 0 Å². The molecule has 0 saturated carbocycles. The van der Waals surface area contributed by atoms with Crippen LogP contribution < -0.4 is 5.73 Å². The van der Waals surface area contributed by atoms with Crippen molar-refractivity contribution in [3.8, 4) is 17.5 Å². The summed E-state index contributed by atoms with van der Waals surface area (Å²) >= 11 is 0. The number of nitrogens with two attached hydrogens (primary N) is 1. The normalized spacial score (nSPS) is 18.2. The molecule has 3 N–H and O–H groups in total. The van der Waals surface area contributed by atoms with Crippen LogP contribution >= 0.6 is 0 Å². The summed E-state index contributed by atoms with van der Waals surface area (Å²) in [5.74, 6) is 4.46. The van der Waals surface area contributed by atoms with Crippen LogP contribution in [0.3, 0.4) is 0 Å². The lowest BCUT2D eigenvalue weighted by atomic mass is 10.0. The molecule has 8 nitrogen and oxygen atoms in total. The summed E-state index contributed by atoms with van der Waals surface area (Å²) in [5, 5.41) is 15.4. The fourth-order valence-electron chi connectivity index (χ4n) is 3.41. The van der Waals surface area contributed by atoms with Crippen molar-refractivity contribution in [3.63, 3.8) is 0 Å². The van der Waals surface area contributed by atoms with Gasteiger partial charge in [-0.05, 0) is 24.3 Å². The number of primary amides is 1. The summed E-state index contributed by atoms with van der Waals surface area (Å²) in [5.41, 5.74) is 6.01. The molecule has 1 aliphatic heterocycles. The molecule has 1 saturated heterocycles. The minimum atomic E-state index is -1.69. The van der Waals surface area contributed by atoms with Crippen molar-refractivity contribution >= 4 is 28.4 Å². The van der Waals surface area contributed by atoms with Crippen LogP contribution in [0.25, 0.3) is 21.4 Å². The third-order valence-electron chi connectivity index (χ3n) is 5.04. The summed E-state index contributed by atoms with van der Waals surface area (Å²) in [6.45, 7) is 7.68. The van der Waals surface area contributed by atoms with Crippen LogP contribution in [-0.2, 0) is 4.79 Å². The fourth-order valence-corrected chi connectivity index (χ4v) is 3.41. The second-order valence-corrected chi connectivity index (χ2v) is 7.08. The first-order valence-electron chi connectivity index (χ1n) is 9.14. The van der Waals surface area contributed by atoms with Crippen LogP contribution in [0.15, 0.2) is 42.5 Å². The average molecular weight is 399 g/mol. The van der Waals surface area contributed by atoms with Gasteiger partial charge in [-0.3, -0.25) is 9.59 Å². The third kappa shape index (κ3) is 3.16. The zero-order valence-electron chi connectivity index (χ0n) is 16.1. The molecule has 0 radical (unpaired) electrons. The van der Waals surface area contributed by atoms with E-state index in [9.17, 15) is 14.7 Å². The fraction of sp³-hybridized carbons (Fsp3) is 0.182. The SMILES string of the molecule is [C-]#[N+]c1ccc2c(C(N)=O)nn(-c3cccc(C#C[C@]4(O)CCN(C)C4=O)c3)c2c1. The van der Waals surface area contributed by atoms with E-state index in [0.29, 0.717) is 34.4 Å². The van der Waals surface area contributed by atoms with Gasteiger partial charge in [0.1, 0.15) is 0 Å². The Morgan fingerprint density at radius 1 is 1.33 bits per heavy atom. The molecular weight excluding hydrogens is 382 g/mol. The molecule has 0 aliphatic carbocycles. The highest BCUT2D eigenvalue weighted by Crippen LogP contribution is 2.27. The Hall–Kier alpha value is -4.14. The number of rotatable bonds is 2. The smallest absolute Gasteiger partial charge is 0.269 e. The highest BCUT2D eigenvalue weighted by molar-refractivity contribution is 6.05. The van der Waals surface area contributed by atoms with Crippen LogP contribution in [0.2, 0.25) is 0 Å². The largest absolute Gasteiger partial charge is 0.369 e. The Morgan fingerprint density at radius 2 is 2.13 bits per heavy atom. The quantitative estimate of drug-likeness (QED) is 0.504. The van der Waals surface area contributed by atoms with Gasteiger partial charge in [-0.1, -0.05) is 30.0 Å². The third-order valence-corrected chi connectivity index (χ3v) is 5.04. The number of amides is 2. The minimum absolute atomic E-state index is 0.104. The number of nitrogens with zero attached hydrogens (tertiary/aromatic N) is 4. The number of aromatic nitrogens is 2. The highest BCUT2D eigenvalue weighted by atomic mass is 16.3. The van der Waals surface area contributed by atoms with E-state index in [1.165, 1.54) is 9.58 Å². The van der Waals surface area contributed by atoms with Crippen molar-refractivity contribution in [1.29, 1.82) is 0 Å². The van der Waals surface area contributed by atoms with Crippen LogP contribution in [0, 0.1) is 18.4 Å². The predicted molar refractivity (Wildman–Crippen MR) is 110 cm³/mol. The molecule has 1 aromatic heterocycles. The molecule has 8 heteroatoms. The molecule has 4 rings (SSSR count). The number of hydrogen-bond donors (Lipinski definition) is 2. The van der Waals surface area contributed by atoms with Gasteiger partial charge in [-0.25, -0.2) is 9.53 Å². The number of benzene rings is 2. The highest BCUT2D eigenvalue weighted by Gasteiger charge is 2.42. The summed E-state index contributed by atoms with van der Waals surface area (Å²) in [6, 6.07) is 11.9. The summed E-state index contributed by atoms with van der Waals surface area (Å²) in [7, 11) is 1.62. The van der Waals surface area contributed by atoms with Crippen molar-refractivity contribution in [3.05, 3.63) is 65.1 Å². The Bertz CT molecular complexity index is 1310.